The molecule has 6 rings (SSSR count). The van der Waals surface area contributed by atoms with Crippen LogP contribution in [0.15, 0.2) is 88.1 Å². The number of rotatable bonds is 12. The lowest BCUT2D eigenvalue weighted by Gasteiger charge is -2.37. The van der Waals surface area contributed by atoms with E-state index in [4.69, 9.17) is 37.1 Å². The Hall–Kier alpha value is -5.48. The molecule has 14 heteroatoms. The number of nitrogens with zero attached hydrogens (tertiary/aromatic N) is 2. The summed E-state index contributed by atoms with van der Waals surface area (Å²) >= 11 is 12.4. The Morgan fingerprint density at radius 1 is 1.03 bits per heavy atom. The molecule has 1 aliphatic heterocycles. The third-order valence-corrected chi connectivity index (χ3v) is 11.6. The summed E-state index contributed by atoms with van der Waals surface area (Å²) in [4.78, 5) is 42.9. The predicted molar refractivity (Wildman–Crippen MR) is 229 cm³/mol. The molecule has 0 aliphatic carbocycles. The zero-order valence-electron chi connectivity index (χ0n) is 34.3. The molecule has 314 valence electrons. The second-order valence-corrected chi connectivity index (χ2v) is 16.9. The van der Waals surface area contributed by atoms with E-state index in [0.717, 1.165) is 24.8 Å². The fourth-order valence-electron chi connectivity index (χ4n) is 8.28. The van der Waals surface area contributed by atoms with Crippen LogP contribution in [0.5, 0.6) is 5.75 Å². The first-order valence-electron chi connectivity index (χ1n) is 19.6. The van der Waals surface area contributed by atoms with Crippen LogP contribution in [0.2, 0.25) is 10.0 Å². The molecule has 0 saturated carbocycles. The maximum Gasteiger partial charge on any atom is 0.338 e. The van der Waals surface area contributed by atoms with Crippen molar-refractivity contribution in [2.75, 3.05) is 30.4 Å². The van der Waals surface area contributed by atoms with E-state index in [1.807, 2.05) is 46.8 Å². The highest BCUT2D eigenvalue weighted by Crippen LogP contribution is 2.53. The number of anilines is 2. The highest BCUT2D eigenvalue weighted by atomic mass is 35.5. The van der Waals surface area contributed by atoms with Gasteiger partial charge in [0.05, 0.1) is 35.5 Å². The van der Waals surface area contributed by atoms with E-state index >= 15 is 8.78 Å². The predicted octanol–water partition coefficient (Wildman–Crippen LogP) is 10.1. The van der Waals surface area contributed by atoms with Crippen LogP contribution in [0.3, 0.4) is 0 Å². The van der Waals surface area contributed by atoms with Gasteiger partial charge in [-0.15, -0.1) is 0 Å². The molecule has 0 bridgehead atoms. The number of benzene rings is 4. The first-order chi connectivity index (χ1) is 28.5. The third-order valence-electron chi connectivity index (χ3n) is 11.0. The van der Waals surface area contributed by atoms with E-state index in [2.05, 4.69) is 21.6 Å². The summed E-state index contributed by atoms with van der Waals surface area (Å²) in [6.45, 7) is 13.1. The van der Waals surface area contributed by atoms with Crippen LogP contribution in [0.25, 0.3) is 11.0 Å². The fourth-order valence-corrected chi connectivity index (χ4v) is 8.62. The van der Waals surface area contributed by atoms with Gasteiger partial charge in [-0.2, -0.15) is 5.26 Å². The summed E-state index contributed by atoms with van der Waals surface area (Å²) in [5, 5.41) is 17.8. The SMILES string of the molecule is CCN(CC)c1ccc2c(C(C)OC(=O)c3ccc(NC(=O)[C@@H]4N[C@@H](CC(C)(C)C)[C@](C#N)(c5ccc(Cl)cc5F)[C@H]4c4cccc(Cl)c4F)c(OC)c3)cc(=O)oc2c1. The number of ether oxygens (including phenoxy) is 2. The number of esters is 1. The van der Waals surface area contributed by atoms with Crippen LogP contribution in [-0.2, 0) is 14.9 Å². The third kappa shape index (κ3) is 8.57. The van der Waals surface area contributed by atoms with Crippen LogP contribution in [0.4, 0.5) is 20.2 Å². The Balaban J connectivity index is 1.33. The van der Waals surface area contributed by atoms with Gasteiger partial charge in [-0.25, -0.2) is 18.4 Å². The Kier molecular flexibility index (Phi) is 12.9. The lowest BCUT2D eigenvalue weighted by molar-refractivity contribution is -0.118. The highest BCUT2D eigenvalue weighted by Gasteiger charge is 2.61. The van der Waals surface area contributed by atoms with Crippen molar-refractivity contribution in [3.63, 3.8) is 0 Å². The second-order valence-electron chi connectivity index (χ2n) is 16.0. The van der Waals surface area contributed by atoms with Crippen molar-refractivity contribution in [1.82, 2.24) is 5.32 Å². The van der Waals surface area contributed by atoms with E-state index in [0.29, 0.717) is 16.5 Å². The molecule has 5 aromatic rings. The summed E-state index contributed by atoms with van der Waals surface area (Å²) in [6, 6.07) is 19.5. The van der Waals surface area contributed by atoms with Gasteiger partial charge in [0.15, 0.2) is 0 Å². The quantitative estimate of drug-likeness (QED) is 0.0929. The standard InChI is InChI=1S/C46H46Cl2F2N4O6/c1-8-54(9-2)28-15-16-29-31(22-39(55)60-36(29)21-28)25(3)59-44(57)26-13-18-35(37(19-26)58-7)52-43(56)42-40(30-11-10-12-33(48)41(30)50)46(24-51,38(53-42)23-45(4,5)6)32-17-14-27(47)20-34(32)49/h10-22,25,38,40,42,53H,8-9,23H2,1-7H3,(H,52,56)/t25?,38-,40-,42+,46-/m0/s1. The van der Waals surface area contributed by atoms with Crippen molar-refractivity contribution in [3.05, 3.63) is 133 Å². The Labute approximate surface area is 357 Å². The minimum absolute atomic E-state index is 0.0562. The molecule has 0 spiro atoms. The number of carbonyl (C=O) groups is 2. The number of nitrogens with one attached hydrogen (secondary N) is 2. The number of carbonyl (C=O) groups excluding carboxylic acids is 2. The zero-order chi connectivity index (χ0) is 43.7. The van der Waals surface area contributed by atoms with Crippen LogP contribution in [0, 0.1) is 28.4 Å². The van der Waals surface area contributed by atoms with Gasteiger partial charge in [0.2, 0.25) is 5.91 Å². The smallest absolute Gasteiger partial charge is 0.338 e. The lowest BCUT2D eigenvalue weighted by atomic mass is 9.62. The number of nitriles is 1. The molecule has 1 amide bonds. The molecule has 10 nitrogen and oxygen atoms in total. The molecule has 0 radical (unpaired) electrons. The van der Waals surface area contributed by atoms with Crippen molar-refractivity contribution < 1.29 is 32.3 Å². The van der Waals surface area contributed by atoms with E-state index < -0.39 is 64.1 Å². The van der Waals surface area contributed by atoms with E-state index in [9.17, 15) is 19.6 Å². The highest BCUT2D eigenvalue weighted by molar-refractivity contribution is 6.31. The lowest BCUT2D eigenvalue weighted by Crippen LogP contribution is -2.45. The van der Waals surface area contributed by atoms with E-state index in [1.165, 1.54) is 61.7 Å². The van der Waals surface area contributed by atoms with Gasteiger partial charge >= 0.3 is 11.6 Å². The molecule has 2 N–H and O–H groups in total. The molecular weight excluding hydrogens is 813 g/mol. The van der Waals surface area contributed by atoms with Gasteiger partial charge in [0.1, 0.15) is 34.5 Å². The molecule has 1 fully saturated rings. The maximum absolute atomic E-state index is 16.1. The monoisotopic (exact) mass is 858 g/mol. The molecule has 1 aliphatic rings. The first-order valence-corrected chi connectivity index (χ1v) is 20.3. The minimum atomic E-state index is -1.83. The van der Waals surface area contributed by atoms with Gasteiger partial charge in [0, 0.05) is 64.4 Å². The topological polar surface area (TPSA) is 134 Å². The van der Waals surface area contributed by atoms with Crippen molar-refractivity contribution in [2.45, 2.75) is 77.5 Å². The van der Waals surface area contributed by atoms with Gasteiger partial charge in [-0.1, -0.05) is 62.2 Å². The van der Waals surface area contributed by atoms with E-state index in [1.54, 1.807) is 13.0 Å². The van der Waals surface area contributed by atoms with Crippen molar-refractivity contribution in [2.24, 2.45) is 5.41 Å². The van der Waals surface area contributed by atoms with Crippen LogP contribution in [0.1, 0.15) is 87.0 Å². The Morgan fingerprint density at radius 3 is 2.42 bits per heavy atom. The number of hydrogen-bond acceptors (Lipinski definition) is 9. The molecule has 5 atom stereocenters. The van der Waals surface area contributed by atoms with Crippen molar-refractivity contribution in [1.29, 1.82) is 5.26 Å². The Bertz CT molecular complexity index is 2550. The molecular formula is C46H46Cl2F2N4O6. The van der Waals surface area contributed by atoms with Crippen molar-refractivity contribution in [3.8, 4) is 11.8 Å². The number of fused-ring (bicyclic) bond motifs is 1. The van der Waals surface area contributed by atoms with Crippen LogP contribution >= 0.6 is 23.2 Å². The first kappa shape index (κ1) is 44.1. The maximum atomic E-state index is 16.1. The zero-order valence-corrected chi connectivity index (χ0v) is 35.8. The summed E-state index contributed by atoms with van der Waals surface area (Å²) < 4.78 is 49.2. The molecule has 1 unspecified atom stereocenters. The average Bonchev–Trinajstić information content (AvgIpc) is 3.51. The van der Waals surface area contributed by atoms with Gasteiger partial charge in [0.25, 0.3) is 0 Å². The van der Waals surface area contributed by atoms with Gasteiger partial charge < -0.3 is 29.4 Å². The van der Waals surface area contributed by atoms with Gasteiger partial charge in [-0.05, 0) is 86.7 Å². The molecule has 2 heterocycles. The minimum Gasteiger partial charge on any atom is -0.495 e. The largest absolute Gasteiger partial charge is 0.495 e. The molecule has 1 saturated heterocycles. The van der Waals surface area contributed by atoms with Crippen LogP contribution in [-0.4, -0.2) is 44.2 Å². The fraction of sp³-hybridized carbons (Fsp3) is 0.348. The molecule has 1 aromatic heterocycles. The number of amides is 1. The number of halogens is 4. The summed E-state index contributed by atoms with van der Waals surface area (Å²) in [7, 11) is 1.35. The van der Waals surface area contributed by atoms with Crippen molar-refractivity contribution >= 4 is 57.4 Å². The van der Waals surface area contributed by atoms with Crippen LogP contribution < -0.4 is 25.9 Å². The summed E-state index contributed by atoms with van der Waals surface area (Å²) in [5.41, 5.74) is -1.04. The summed E-state index contributed by atoms with van der Waals surface area (Å²) in [6.07, 6.45) is -0.581. The number of hydrogen-bond donors (Lipinski definition) is 2. The number of methoxy groups -OCH3 is 1. The Morgan fingerprint density at radius 2 is 1.77 bits per heavy atom. The summed E-state index contributed by atoms with van der Waals surface area (Å²) in [5.74, 6) is -4.27. The van der Waals surface area contributed by atoms with Gasteiger partial charge in [-0.3, -0.25) is 4.79 Å². The van der Waals surface area contributed by atoms with E-state index in [-0.39, 0.29) is 44.6 Å². The molecule has 60 heavy (non-hydrogen) atoms. The normalized spacial score (nSPS) is 19.4. The second kappa shape index (κ2) is 17.6. The average molecular weight is 860 g/mol. The molecule has 4 aromatic carbocycles.